The summed E-state index contributed by atoms with van der Waals surface area (Å²) < 4.78 is 5.45. The van der Waals surface area contributed by atoms with E-state index in [1.165, 1.54) is 0 Å². The minimum atomic E-state index is -0.305. The van der Waals surface area contributed by atoms with E-state index in [1.54, 1.807) is 36.5 Å². The van der Waals surface area contributed by atoms with Gasteiger partial charge in [-0.2, -0.15) is 5.10 Å². The predicted molar refractivity (Wildman–Crippen MR) is 72.9 cm³/mol. The van der Waals surface area contributed by atoms with Crippen molar-refractivity contribution in [2.45, 2.75) is 0 Å². The highest BCUT2D eigenvalue weighted by molar-refractivity contribution is 6.32. The van der Waals surface area contributed by atoms with E-state index in [-0.39, 0.29) is 11.8 Å². The molecule has 1 aromatic heterocycles. The molecule has 0 saturated carbocycles. The molecule has 98 valence electrons. The first-order valence-electron chi connectivity index (χ1n) is 5.30. The van der Waals surface area contributed by atoms with Crippen LogP contribution in [0.5, 0.6) is 11.6 Å². The molecule has 0 radical (unpaired) electrons. The zero-order valence-electron chi connectivity index (χ0n) is 9.64. The van der Waals surface area contributed by atoms with Gasteiger partial charge in [-0.3, -0.25) is 4.79 Å². The van der Waals surface area contributed by atoms with E-state index in [0.29, 0.717) is 22.3 Å². The Kier molecular flexibility index (Phi) is 4.54. The molecule has 0 aliphatic heterocycles. The summed E-state index contributed by atoms with van der Waals surface area (Å²) >= 11 is 11.4. The zero-order valence-corrected chi connectivity index (χ0v) is 11.1. The molecule has 0 aliphatic carbocycles. The van der Waals surface area contributed by atoms with Gasteiger partial charge >= 0.3 is 0 Å². The number of benzene rings is 1. The van der Waals surface area contributed by atoms with Crippen LogP contribution in [0.2, 0.25) is 5.02 Å². The van der Waals surface area contributed by atoms with Crippen molar-refractivity contribution in [3.63, 3.8) is 0 Å². The van der Waals surface area contributed by atoms with Gasteiger partial charge in [0.1, 0.15) is 11.6 Å². The topological polar surface area (TPSA) is 64.1 Å². The highest BCUT2D eigenvalue weighted by atomic mass is 35.5. The molecule has 1 amide bonds. The van der Waals surface area contributed by atoms with E-state index in [9.17, 15) is 4.79 Å². The number of rotatable bonds is 4. The van der Waals surface area contributed by atoms with Crippen molar-refractivity contribution >= 4 is 34.8 Å². The molecule has 2 rings (SSSR count). The average Bonchev–Trinajstić information content (AvgIpc) is 2.43. The van der Waals surface area contributed by atoms with Crippen molar-refractivity contribution < 1.29 is 9.53 Å². The third-order valence-electron chi connectivity index (χ3n) is 2.10. The molecule has 1 aromatic carbocycles. The van der Waals surface area contributed by atoms with Gasteiger partial charge in [0, 0.05) is 18.0 Å². The largest absolute Gasteiger partial charge is 0.436 e. The molecule has 0 unspecified atom stereocenters. The number of carbonyl (C=O) groups is 1. The van der Waals surface area contributed by atoms with Crippen LogP contribution in [-0.4, -0.2) is 22.0 Å². The van der Waals surface area contributed by atoms with Gasteiger partial charge < -0.3 is 10.1 Å². The number of nitrogens with zero attached hydrogens (tertiary/aromatic N) is 2. The van der Waals surface area contributed by atoms with E-state index >= 15 is 0 Å². The van der Waals surface area contributed by atoms with Crippen LogP contribution in [0.3, 0.4) is 0 Å². The molecule has 5 nitrogen and oxygen atoms in total. The molecule has 7 heteroatoms. The van der Waals surface area contributed by atoms with Crippen LogP contribution in [-0.2, 0) is 4.79 Å². The fraction of sp³-hybridized carbons (Fsp3) is 0.0833. The second-order valence-electron chi connectivity index (χ2n) is 3.49. The minimum absolute atomic E-state index is 0.116. The molecule has 0 bridgehead atoms. The Morgan fingerprint density at radius 2 is 2.21 bits per heavy atom. The lowest BCUT2D eigenvalue weighted by molar-refractivity contribution is -0.113. The molecule has 1 N–H and O–H groups in total. The van der Waals surface area contributed by atoms with E-state index in [2.05, 4.69) is 15.5 Å². The Morgan fingerprint density at radius 3 is 2.84 bits per heavy atom. The van der Waals surface area contributed by atoms with Crippen LogP contribution < -0.4 is 10.1 Å². The number of alkyl halides is 1. The van der Waals surface area contributed by atoms with Crippen LogP contribution >= 0.6 is 23.2 Å². The monoisotopic (exact) mass is 297 g/mol. The molecular weight excluding hydrogens is 289 g/mol. The van der Waals surface area contributed by atoms with Crippen LogP contribution in [0.1, 0.15) is 0 Å². The van der Waals surface area contributed by atoms with E-state index in [0.717, 1.165) is 0 Å². The molecule has 0 fully saturated rings. The Hall–Kier alpha value is -1.85. The van der Waals surface area contributed by atoms with Gasteiger partial charge in [-0.1, -0.05) is 11.6 Å². The predicted octanol–water partition coefficient (Wildman–Crippen LogP) is 3.10. The standard InChI is InChI=1S/C12H9Cl2N3O2/c13-7-11(18)16-8-3-4-10(9(14)6-8)19-12-2-1-5-15-17-12/h1-6H,7H2,(H,16,18). The summed E-state index contributed by atoms with van der Waals surface area (Å²) in [5.74, 6) is 0.337. The van der Waals surface area contributed by atoms with Gasteiger partial charge in [0.2, 0.25) is 11.8 Å². The van der Waals surface area contributed by atoms with Crippen molar-refractivity contribution in [3.8, 4) is 11.6 Å². The summed E-state index contributed by atoms with van der Waals surface area (Å²) in [6.07, 6.45) is 1.54. The first-order valence-corrected chi connectivity index (χ1v) is 6.21. The normalized spacial score (nSPS) is 10.0. The number of ether oxygens (including phenoxy) is 1. The fourth-order valence-corrected chi connectivity index (χ4v) is 1.60. The van der Waals surface area contributed by atoms with Crippen LogP contribution in [0.15, 0.2) is 36.5 Å². The maximum Gasteiger partial charge on any atom is 0.239 e. The second-order valence-corrected chi connectivity index (χ2v) is 4.17. The lowest BCUT2D eigenvalue weighted by Gasteiger charge is -2.08. The summed E-state index contributed by atoms with van der Waals surface area (Å²) in [6.45, 7) is 0. The summed E-state index contributed by atoms with van der Waals surface area (Å²) in [7, 11) is 0. The Balaban J connectivity index is 2.13. The van der Waals surface area contributed by atoms with Gasteiger partial charge in [0.25, 0.3) is 0 Å². The number of aromatic nitrogens is 2. The Labute approximate surface area is 119 Å². The highest BCUT2D eigenvalue weighted by Crippen LogP contribution is 2.30. The lowest BCUT2D eigenvalue weighted by Crippen LogP contribution is -2.12. The molecule has 0 atom stereocenters. The molecule has 0 spiro atoms. The first kappa shape index (κ1) is 13.6. The second kappa shape index (κ2) is 6.36. The Bertz CT molecular complexity index is 578. The van der Waals surface area contributed by atoms with E-state index < -0.39 is 0 Å². The molecule has 1 heterocycles. The summed E-state index contributed by atoms with van der Waals surface area (Å²) in [4.78, 5) is 11.1. The highest BCUT2D eigenvalue weighted by Gasteiger charge is 2.07. The SMILES string of the molecule is O=C(CCl)Nc1ccc(Oc2cccnn2)c(Cl)c1. The third kappa shape index (κ3) is 3.81. The van der Waals surface area contributed by atoms with Gasteiger partial charge in [0.15, 0.2) is 0 Å². The smallest absolute Gasteiger partial charge is 0.239 e. The van der Waals surface area contributed by atoms with Gasteiger partial charge in [-0.25, -0.2) is 0 Å². The molecule has 0 aliphatic rings. The number of halogens is 2. The number of hydrogen-bond donors (Lipinski definition) is 1. The Morgan fingerprint density at radius 1 is 1.37 bits per heavy atom. The zero-order chi connectivity index (χ0) is 13.7. The van der Waals surface area contributed by atoms with Gasteiger partial charge in [-0.15, -0.1) is 16.7 Å². The van der Waals surface area contributed by atoms with E-state index in [4.69, 9.17) is 27.9 Å². The van der Waals surface area contributed by atoms with Gasteiger partial charge in [-0.05, 0) is 24.3 Å². The average molecular weight is 298 g/mol. The quantitative estimate of drug-likeness (QED) is 0.881. The number of anilines is 1. The summed E-state index contributed by atoms with van der Waals surface area (Å²) in [5.41, 5.74) is 0.544. The van der Waals surface area contributed by atoms with Crippen LogP contribution in [0.25, 0.3) is 0 Å². The number of amides is 1. The molecule has 19 heavy (non-hydrogen) atoms. The number of carbonyl (C=O) groups excluding carboxylic acids is 1. The molecular formula is C12H9Cl2N3O2. The van der Waals surface area contributed by atoms with Crippen molar-refractivity contribution in [3.05, 3.63) is 41.6 Å². The van der Waals surface area contributed by atoms with E-state index in [1.807, 2.05) is 0 Å². The minimum Gasteiger partial charge on any atom is -0.436 e. The number of hydrogen-bond acceptors (Lipinski definition) is 4. The molecule has 0 saturated heterocycles. The van der Waals surface area contributed by atoms with Crippen molar-refractivity contribution in [1.29, 1.82) is 0 Å². The first-order chi connectivity index (χ1) is 9.19. The molecule has 2 aromatic rings. The lowest BCUT2D eigenvalue weighted by atomic mass is 10.3. The van der Waals surface area contributed by atoms with Crippen LogP contribution in [0, 0.1) is 0 Å². The van der Waals surface area contributed by atoms with Crippen molar-refractivity contribution in [2.24, 2.45) is 0 Å². The van der Waals surface area contributed by atoms with Crippen molar-refractivity contribution in [1.82, 2.24) is 10.2 Å². The summed E-state index contributed by atoms with van der Waals surface area (Å²) in [5, 5.41) is 10.4. The van der Waals surface area contributed by atoms with Crippen LogP contribution in [0.4, 0.5) is 5.69 Å². The third-order valence-corrected chi connectivity index (χ3v) is 2.64. The number of nitrogens with one attached hydrogen (secondary N) is 1. The maximum absolute atomic E-state index is 11.1. The maximum atomic E-state index is 11.1. The van der Waals surface area contributed by atoms with Crippen molar-refractivity contribution in [2.75, 3.05) is 11.2 Å². The summed E-state index contributed by atoms with van der Waals surface area (Å²) in [6, 6.07) is 8.21. The van der Waals surface area contributed by atoms with Gasteiger partial charge in [0.05, 0.1) is 5.02 Å². The fourth-order valence-electron chi connectivity index (χ4n) is 1.31.